The summed E-state index contributed by atoms with van der Waals surface area (Å²) in [5.41, 5.74) is 2.81. The van der Waals surface area contributed by atoms with E-state index in [-0.39, 0.29) is 29.6 Å². The lowest BCUT2D eigenvalue weighted by Crippen LogP contribution is -2.11. The average molecular weight is 471 g/mol. The first-order valence-electron chi connectivity index (χ1n) is 12.1. The van der Waals surface area contributed by atoms with Gasteiger partial charge >= 0.3 is 6.16 Å². The van der Waals surface area contributed by atoms with Crippen LogP contribution in [0.1, 0.15) is 42.3 Å². The van der Waals surface area contributed by atoms with Gasteiger partial charge in [-0.05, 0) is 28.3 Å². The summed E-state index contributed by atoms with van der Waals surface area (Å²) in [4.78, 5) is 15.2. The number of tetrazole rings is 1. The third-order valence-electron chi connectivity index (χ3n) is 4.81. The fraction of sp³-hybridized carbons (Fsp3) is 0.261. The van der Waals surface area contributed by atoms with Crippen molar-refractivity contribution in [2.75, 3.05) is 0 Å². The largest absolute Gasteiger partial charge is 0.506 e. The molecule has 0 radical (unpaired) electrons. The Morgan fingerprint density at radius 2 is 1.97 bits per heavy atom. The number of ether oxygens (including phenoxy) is 1. The van der Waals surface area contributed by atoms with Gasteiger partial charge in [-0.2, -0.15) is 5.21 Å². The van der Waals surface area contributed by atoms with Crippen molar-refractivity contribution in [3.8, 4) is 22.5 Å². The van der Waals surface area contributed by atoms with Crippen molar-refractivity contribution in [1.82, 2.24) is 30.2 Å². The number of aromatic amines is 1. The Balaban J connectivity index is 1.74. The molecular formula is C23H23ClN6O3. The highest BCUT2D eigenvalue weighted by Crippen LogP contribution is 2.30. The molecule has 0 saturated heterocycles. The predicted molar refractivity (Wildman–Crippen MR) is 123 cm³/mol. The van der Waals surface area contributed by atoms with E-state index in [1.165, 1.54) is 4.57 Å². The number of halogens is 1. The van der Waals surface area contributed by atoms with Crippen LogP contribution < -0.4 is 0 Å². The van der Waals surface area contributed by atoms with Gasteiger partial charge in [0.2, 0.25) is 5.82 Å². The van der Waals surface area contributed by atoms with Crippen LogP contribution in [-0.4, -0.2) is 41.4 Å². The van der Waals surface area contributed by atoms with Gasteiger partial charge in [0, 0.05) is 21.2 Å². The van der Waals surface area contributed by atoms with Crippen molar-refractivity contribution in [2.45, 2.75) is 39.2 Å². The Bertz CT molecular complexity index is 1390. The number of rotatable bonds is 9. The molecule has 2 aromatic carbocycles. The van der Waals surface area contributed by atoms with E-state index < -0.39 is 19.1 Å². The maximum atomic E-state index is 11.1. The van der Waals surface area contributed by atoms with Gasteiger partial charge in [-0.15, -0.1) is 10.2 Å². The highest BCUT2D eigenvalue weighted by atomic mass is 35.5. The first-order chi connectivity index (χ1) is 17.5. The first kappa shape index (κ1) is 17.8. The highest BCUT2D eigenvalue weighted by Gasteiger charge is 2.18. The number of hydrogen-bond acceptors (Lipinski definition) is 6. The molecule has 4 aromatic rings. The Morgan fingerprint density at radius 3 is 2.64 bits per heavy atom. The Hall–Kier alpha value is -3.72. The molecule has 0 saturated carbocycles. The molecule has 0 fully saturated rings. The van der Waals surface area contributed by atoms with Crippen molar-refractivity contribution in [1.29, 1.82) is 0 Å². The molecule has 0 amide bonds. The van der Waals surface area contributed by atoms with Gasteiger partial charge in [0.05, 0.1) is 8.44 Å². The fourth-order valence-corrected chi connectivity index (χ4v) is 3.54. The molecule has 0 unspecified atom stereocenters. The Kier molecular flexibility index (Phi) is 5.53. The molecule has 9 nitrogen and oxygen atoms in total. The van der Waals surface area contributed by atoms with Crippen LogP contribution in [0.15, 0.2) is 48.5 Å². The summed E-state index contributed by atoms with van der Waals surface area (Å²) in [6, 6.07) is 14.9. The summed E-state index contributed by atoms with van der Waals surface area (Å²) in [5, 5.41) is 22.8. The number of H-pyrrole nitrogens is 1. The second-order valence-corrected chi connectivity index (χ2v) is 7.39. The summed E-state index contributed by atoms with van der Waals surface area (Å²) in [7, 11) is 0. The fourth-order valence-electron chi connectivity index (χ4n) is 3.32. The number of imidazole rings is 1. The molecular weight excluding hydrogens is 444 g/mol. The Labute approximate surface area is 201 Å². The number of nitrogens with zero attached hydrogens (tertiary/aromatic N) is 5. The molecule has 170 valence electrons. The molecule has 4 rings (SSSR count). The number of aryl methyl sites for hydroxylation is 1. The van der Waals surface area contributed by atoms with Crippen LogP contribution in [0.3, 0.4) is 0 Å². The summed E-state index contributed by atoms with van der Waals surface area (Å²) in [6.07, 6.45) is -3.18. The number of carboxylic acid groups (broad SMARTS) is 1. The lowest BCUT2D eigenvalue weighted by atomic mass is 9.98. The van der Waals surface area contributed by atoms with Gasteiger partial charge in [-0.3, -0.25) is 0 Å². The van der Waals surface area contributed by atoms with Gasteiger partial charge in [0.15, 0.2) is 5.15 Å². The molecule has 0 spiro atoms. The number of benzene rings is 2. The minimum atomic E-state index is -2.86. The van der Waals surface area contributed by atoms with Crippen LogP contribution in [0.5, 0.6) is 0 Å². The molecule has 0 bridgehead atoms. The van der Waals surface area contributed by atoms with E-state index in [9.17, 15) is 4.79 Å². The zero-order chi connectivity index (χ0) is 26.8. The number of carbonyl (C=O) groups is 1. The predicted octanol–water partition coefficient (Wildman–Crippen LogP) is 4.97. The normalized spacial score (nSPS) is 13.6. The summed E-state index contributed by atoms with van der Waals surface area (Å²) >= 11 is 6.23. The standard InChI is InChI=1S/C23H23ClN6O3/c1-2-3-8-20-25-21(24)19(14-33-23(31)32)30(20)13-15-9-11-16(12-10-15)17-6-4-5-7-18(17)22-26-28-29-27-22/h4-7,9-12H,2-3,8,13-14H2,1H3,(H,31,32)(H,26,27,28,29)/i8D2,14D2. The van der Waals surface area contributed by atoms with E-state index >= 15 is 0 Å². The number of aromatic nitrogens is 6. The van der Waals surface area contributed by atoms with Crippen LogP contribution in [0.2, 0.25) is 5.15 Å². The van der Waals surface area contributed by atoms with Crippen LogP contribution in [0.4, 0.5) is 4.79 Å². The van der Waals surface area contributed by atoms with Crippen molar-refractivity contribution in [3.63, 3.8) is 0 Å². The maximum Gasteiger partial charge on any atom is 0.506 e. The monoisotopic (exact) mass is 470 g/mol. The van der Waals surface area contributed by atoms with Crippen molar-refractivity contribution < 1.29 is 20.1 Å². The first-order valence-corrected chi connectivity index (χ1v) is 10.5. The van der Waals surface area contributed by atoms with E-state index in [1.807, 2.05) is 43.3 Å². The minimum absolute atomic E-state index is 0.0249. The molecule has 0 aliphatic rings. The van der Waals surface area contributed by atoms with E-state index in [0.29, 0.717) is 17.8 Å². The van der Waals surface area contributed by atoms with E-state index in [1.54, 1.807) is 12.1 Å². The molecule has 2 heterocycles. The second kappa shape index (κ2) is 10.3. The summed E-state index contributed by atoms with van der Waals surface area (Å²) in [6.45, 7) is -1.08. The SMILES string of the molecule is [2H]C([2H])(CCC)c1nc(Cl)c(C([2H])([2H])OC(=O)O)n1Cc1ccc(-c2ccccc2-c2nn[nH]n2)cc1. The molecule has 0 aliphatic heterocycles. The van der Waals surface area contributed by atoms with Gasteiger partial charge in [-0.25, -0.2) is 9.78 Å². The molecule has 2 N–H and O–H groups in total. The van der Waals surface area contributed by atoms with Crippen LogP contribution in [-0.2, 0) is 24.2 Å². The van der Waals surface area contributed by atoms with E-state index in [4.69, 9.17) is 22.2 Å². The zero-order valence-corrected chi connectivity index (χ0v) is 18.4. The smallest absolute Gasteiger partial charge is 0.450 e. The third-order valence-corrected chi connectivity index (χ3v) is 5.08. The number of hydrogen-bond donors (Lipinski definition) is 2. The highest BCUT2D eigenvalue weighted by molar-refractivity contribution is 6.30. The lowest BCUT2D eigenvalue weighted by Gasteiger charge is -2.13. The van der Waals surface area contributed by atoms with Crippen molar-refractivity contribution in [2.24, 2.45) is 0 Å². The minimum Gasteiger partial charge on any atom is -0.450 e. The van der Waals surface area contributed by atoms with Gasteiger partial charge in [-0.1, -0.05) is 73.5 Å². The van der Waals surface area contributed by atoms with Crippen LogP contribution in [0.25, 0.3) is 22.5 Å². The topological polar surface area (TPSA) is 119 Å². The maximum absolute atomic E-state index is 11.1. The molecule has 0 atom stereocenters. The number of nitrogens with one attached hydrogen (secondary N) is 1. The zero-order valence-electron chi connectivity index (χ0n) is 21.6. The van der Waals surface area contributed by atoms with Crippen LogP contribution >= 0.6 is 11.6 Å². The molecule has 33 heavy (non-hydrogen) atoms. The van der Waals surface area contributed by atoms with Crippen molar-refractivity contribution >= 4 is 17.8 Å². The lowest BCUT2D eigenvalue weighted by molar-refractivity contribution is 0.0834. The summed E-state index contributed by atoms with van der Waals surface area (Å²) < 4.78 is 39.1. The van der Waals surface area contributed by atoms with Gasteiger partial charge < -0.3 is 14.4 Å². The van der Waals surface area contributed by atoms with E-state index in [2.05, 4.69) is 30.3 Å². The van der Waals surface area contributed by atoms with Crippen LogP contribution in [0, 0.1) is 0 Å². The molecule has 10 heteroatoms. The molecule has 2 aromatic heterocycles. The summed E-state index contributed by atoms with van der Waals surface area (Å²) in [5.74, 6) is 0.333. The van der Waals surface area contributed by atoms with Gasteiger partial charge in [0.1, 0.15) is 12.4 Å². The quantitative estimate of drug-likeness (QED) is 0.331. The average Bonchev–Trinajstić information content (AvgIpc) is 3.47. The van der Waals surface area contributed by atoms with Crippen molar-refractivity contribution in [3.05, 3.63) is 70.8 Å². The molecule has 0 aliphatic carbocycles. The second-order valence-electron chi connectivity index (χ2n) is 7.04. The van der Waals surface area contributed by atoms with Gasteiger partial charge in [0.25, 0.3) is 0 Å². The third kappa shape index (κ3) is 5.20. The van der Waals surface area contributed by atoms with E-state index in [0.717, 1.165) is 16.7 Å². The Morgan fingerprint density at radius 1 is 1.21 bits per heavy atom.